The topological polar surface area (TPSA) is 29.5 Å². The molecular weight excluding hydrogens is 238 g/mol. The molecule has 1 aromatic carbocycles. The number of ether oxygens (including phenoxy) is 1. The largest absolute Gasteiger partial charge is 0.445 e. The van der Waals surface area contributed by atoms with Crippen LogP contribution < -0.4 is 0 Å². The van der Waals surface area contributed by atoms with Gasteiger partial charge in [0.25, 0.3) is 0 Å². The Bertz CT molecular complexity index is 361. The third kappa shape index (κ3) is 3.63. The van der Waals surface area contributed by atoms with Crippen molar-refractivity contribution in [1.82, 2.24) is 4.90 Å². The van der Waals surface area contributed by atoms with E-state index in [0.717, 1.165) is 18.4 Å². The Morgan fingerprint density at radius 3 is 2.59 bits per heavy atom. The molecule has 1 aliphatic heterocycles. The molecule has 1 fully saturated rings. The first-order valence-corrected chi connectivity index (χ1v) is 6.29. The van der Waals surface area contributed by atoms with Gasteiger partial charge < -0.3 is 9.64 Å². The summed E-state index contributed by atoms with van der Waals surface area (Å²) in [4.78, 5) is 13.5. The lowest BCUT2D eigenvalue weighted by atomic mass is 10.1. The second-order valence-corrected chi connectivity index (χ2v) is 4.82. The summed E-state index contributed by atoms with van der Waals surface area (Å²) in [5, 5.41) is 0.202. The van der Waals surface area contributed by atoms with Crippen LogP contribution in [0.3, 0.4) is 0 Å². The van der Waals surface area contributed by atoms with Crippen LogP contribution >= 0.6 is 11.6 Å². The normalized spacial score (nSPS) is 16.9. The van der Waals surface area contributed by atoms with E-state index in [9.17, 15) is 4.79 Å². The van der Waals surface area contributed by atoms with Crippen molar-refractivity contribution in [3.63, 3.8) is 0 Å². The highest BCUT2D eigenvalue weighted by Crippen LogP contribution is 2.16. The third-order valence-electron chi connectivity index (χ3n) is 2.89. The summed E-state index contributed by atoms with van der Waals surface area (Å²) in [7, 11) is 0. The van der Waals surface area contributed by atoms with Crippen LogP contribution in [0.2, 0.25) is 0 Å². The van der Waals surface area contributed by atoms with Gasteiger partial charge in [0.05, 0.1) is 0 Å². The number of rotatable bonds is 2. The van der Waals surface area contributed by atoms with Crippen molar-refractivity contribution >= 4 is 17.7 Å². The predicted octanol–water partition coefficient (Wildman–Crippen LogP) is 3.03. The van der Waals surface area contributed by atoms with Crippen molar-refractivity contribution in [2.24, 2.45) is 0 Å². The van der Waals surface area contributed by atoms with E-state index in [1.54, 1.807) is 4.90 Å². The Balaban J connectivity index is 1.78. The fraction of sp³-hybridized carbons (Fsp3) is 0.462. The van der Waals surface area contributed by atoms with Crippen LogP contribution in [0.25, 0.3) is 0 Å². The molecule has 4 heteroatoms. The Morgan fingerprint density at radius 1 is 1.29 bits per heavy atom. The maximum absolute atomic E-state index is 11.7. The van der Waals surface area contributed by atoms with Gasteiger partial charge in [-0.15, -0.1) is 11.6 Å². The second-order valence-electron chi connectivity index (χ2n) is 4.20. The minimum Gasteiger partial charge on any atom is -0.445 e. The molecule has 92 valence electrons. The van der Waals surface area contributed by atoms with Crippen LogP contribution in [0, 0.1) is 0 Å². The minimum atomic E-state index is -0.239. The monoisotopic (exact) mass is 253 g/mol. The summed E-state index contributed by atoms with van der Waals surface area (Å²) in [5.41, 5.74) is 1.01. The van der Waals surface area contributed by atoms with Crippen LogP contribution in [-0.2, 0) is 11.3 Å². The second kappa shape index (κ2) is 5.92. The summed E-state index contributed by atoms with van der Waals surface area (Å²) in [6.45, 7) is 1.73. The van der Waals surface area contributed by atoms with Gasteiger partial charge in [-0.3, -0.25) is 0 Å². The van der Waals surface area contributed by atoms with Gasteiger partial charge in [0.1, 0.15) is 6.61 Å². The van der Waals surface area contributed by atoms with E-state index in [1.165, 1.54) is 0 Å². The number of likely N-dealkylation sites (tertiary alicyclic amines) is 1. The Labute approximate surface area is 106 Å². The molecule has 0 spiro atoms. The molecule has 1 heterocycles. The molecule has 3 nitrogen and oxygen atoms in total. The molecule has 1 saturated heterocycles. The summed E-state index contributed by atoms with van der Waals surface area (Å²) in [5.74, 6) is 0. The number of nitrogens with zero attached hydrogens (tertiary/aromatic N) is 1. The van der Waals surface area contributed by atoms with Crippen LogP contribution in [0.5, 0.6) is 0 Å². The number of piperidine rings is 1. The summed E-state index contributed by atoms with van der Waals surface area (Å²) >= 11 is 5.98. The maximum atomic E-state index is 11.7. The van der Waals surface area contributed by atoms with Gasteiger partial charge in [0.2, 0.25) is 0 Å². The molecule has 2 rings (SSSR count). The van der Waals surface area contributed by atoms with Crippen molar-refractivity contribution < 1.29 is 9.53 Å². The molecule has 0 bridgehead atoms. The number of carbonyl (C=O) groups excluding carboxylic acids is 1. The predicted molar refractivity (Wildman–Crippen MR) is 67.1 cm³/mol. The van der Waals surface area contributed by atoms with Gasteiger partial charge in [-0.2, -0.15) is 0 Å². The molecule has 1 aromatic rings. The number of hydrogen-bond donors (Lipinski definition) is 0. The minimum absolute atomic E-state index is 0.202. The zero-order chi connectivity index (χ0) is 12.1. The maximum Gasteiger partial charge on any atom is 0.410 e. The number of hydrogen-bond acceptors (Lipinski definition) is 2. The zero-order valence-corrected chi connectivity index (χ0v) is 10.4. The van der Waals surface area contributed by atoms with Gasteiger partial charge in [-0.05, 0) is 18.4 Å². The summed E-state index contributed by atoms with van der Waals surface area (Å²) in [6.07, 6.45) is 1.46. The zero-order valence-electron chi connectivity index (χ0n) is 9.64. The average molecular weight is 254 g/mol. The van der Waals surface area contributed by atoms with Crippen molar-refractivity contribution in [2.75, 3.05) is 13.1 Å². The van der Waals surface area contributed by atoms with E-state index in [1.807, 2.05) is 30.3 Å². The number of amides is 1. The highest BCUT2D eigenvalue weighted by Gasteiger charge is 2.22. The number of alkyl halides is 1. The van der Waals surface area contributed by atoms with Crippen molar-refractivity contribution in [3.05, 3.63) is 35.9 Å². The molecule has 0 unspecified atom stereocenters. The highest BCUT2D eigenvalue weighted by molar-refractivity contribution is 6.20. The van der Waals surface area contributed by atoms with Crippen LogP contribution in [0.4, 0.5) is 4.79 Å². The lowest BCUT2D eigenvalue weighted by molar-refractivity contribution is 0.0899. The Morgan fingerprint density at radius 2 is 1.94 bits per heavy atom. The first-order valence-electron chi connectivity index (χ1n) is 5.85. The molecule has 0 radical (unpaired) electrons. The smallest absolute Gasteiger partial charge is 0.410 e. The fourth-order valence-electron chi connectivity index (χ4n) is 1.84. The molecule has 0 N–H and O–H groups in total. The number of carbonyl (C=O) groups is 1. The summed E-state index contributed by atoms with van der Waals surface area (Å²) < 4.78 is 5.25. The fourth-order valence-corrected chi connectivity index (χ4v) is 2.04. The number of halogens is 1. The molecule has 1 amide bonds. The van der Waals surface area contributed by atoms with Crippen molar-refractivity contribution in [3.8, 4) is 0 Å². The molecule has 0 atom stereocenters. The third-order valence-corrected chi connectivity index (χ3v) is 3.32. The van der Waals surface area contributed by atoms with Crippen LogP contribution in [0.1, 0.15) is 18.4 Å². The van der Waals surface area contributed by atoms with Gasteiger partial charge in [-0.1, -0.05) is 30.3 Å². The van der Waals surface area contributed by atoms with Gasteiger partial charge in [0, 0.05) is 18.5 Å². The van der Waals surface area contributed by atoms with E-state index < -0.39 is 0 Å². The van der Waals surface area contributed by atoms with Gasteiger partial charge >= 0.3 is 6.09 Å². The molecule has 1 aliphatic rings. The van der Waals surface area contributed by atoms with Crippen LogP contribution in [0.15, 0.2) is 30.3 Å². The first-order chi connectivity index (χ1) is 8.25. The lowest BCUT2D eigenvalue weighted by Crippen LogP contribution is -2.39. The van der Waals surface area contributed by atoms with Gasteiger partial charge in [-0.25, -0.2) is 4.79 Å². The van der Waals surface area contributed by atoms with E-state index in [0.29, 0.717) is 19.7 Å². The average Bonchev–Trinajstić information content (AvgIpc) is 2.38. The van der Waals surface area contributed by atoms with Crippen molar-refractivity contribution in [2.45, 2.75) is 24.8 Å². The number of benzene rings is 1. The molecule has 0 aliphatic carbocycles. The van der Waals surface area contributed by atoms with E-state index in [4.69, 9.17) is 16.3 Å². The Kier molecular flexibility index (Phi) is 4.26. The first kappa shape index (κ1) is 12.2. The standard InChI is InChI=1S/C13H16ClNO2/c14-12-6-8-15(9-7-12)13(16)17-10-11-4-2-1-3-5-11/h1-5,12H,6-10H2. The van der Waals surface area contributed by atoms with Crippen molar-refractivity contribution in [1.29, 1.82) is 0 Å². The SMILES string of the molecule is O=C(OCc1ccccc1)N1CCC(Cl)CC1. The lowest BCUT2D eigenvalue weighted by Gasteiger charge is -2.28. The molecule has 17 heavy (non-hydrogen) atoms. The molecule has 0 aromatic heterocycles. The van der Waals surface area contributed by atoms with Crippen LogP contribution in [-0.4, -0.2) is 29.5 Å². The summed E-state index contributed by atoms with van der Waals surface area (Å²) in [6, 6.07) is 9.69. The van der Waals surface area contributed by atoms with E-state index in [2.05, 4.69) is 0 Å². The Hall–Kier alpha value is -1.22. The molecular formula is C13H16ClNO2. The van der Waals surface area contributed by atoms with Gasteiger partial charge in [0.15, 0.2) is 0 Å². The van der Waals surface area contributed by atoms with E-state index >= 15 is 0 Å². The quantitative estimate of drug-likeness (QED) is 0.759. The van der Waals surface area contributed by atoms with E-state index in [-0.39, 0.29) is 11.5 Å². The molecule has 0 saturated carbocycles. The highest BCUT2D eigenvalue weighted by atomic mass is 35.5.